The van der Waals surface area contributed by atoms with Crippen molar-refractivity contribution in [1.29, 1.82) is 0 Å². The van der Waals surface area contributed by atoms with E-state index in [0.29, 0.717) is 29.0 Å². The van der Waals surface area contributed by atoms with E-state index in [9.17, 15) is 9.90 Å². The molecule has 2 N–H and O–H groups in total. The number of hydrogen-bond donors (Lipinski definition) is 2. The fourth-order valence-electron chi connectivity index (χ4n) is 2.47. The number of aromatic hydroxyl groups is 1. The molecule has 0 atom stereocenters. The van der Waals surface area contributed by atoms with E-state index in [2.05, 4.69) is 20.9 Å². The van der Waals surface area contributed by atoms with Gasteiger partial charge in [0.25, 0.3) is 0 Å². The van der Waals surface area contributed by atoms with Gasteiger partial charge in [0.2, 0.25) is 0 Å². The molecular formula is C19H16BrNO3. The lowest BCUT2D eigenvalue weighted by atomic mass is 10.1. The number of nitrogens with one attached hydrogen (secondary N) is 1. The third-order valence-electron chi connectivity index (χ3n) is 3.57. The smallest absolute Gasteiger partial charge is 0.189 e. The van der Waals surface area contributed by atoms with Crippen molar-refractivity contribution in [3.05, 3.63) is 68.4 Å². The maximum Gasteiger partial charge on any atom is 0.189 e. The first-order valence-corrected chi connectivity index (χ1v) is 8.33. The highest BCUT2D eigenvalue weighted by molar-refractivity contribution is 9.10. The molecule has 2 aromatic carbocycles. The fraction of sp³-hybridized carbons (Fsp3) is 0.105. The minimum absolute atomic E-state index is 0.0440. The molecular weight excluding hydrogens is 370 g/mol. The van der Waals surface area contributed by atoms with Crippen molar-refractivity contribution < 1.29 is 9.84 Å². The molecule has 0 radical (unpaired) electrons. The van der Waals surface area contributed by atoms with Crippen molar-refractivity contribution in [3.63, 3.8) is 0 Å². The Morgan fingerprint density at radius 1 is 1.21 bits per heavy atom. The quantitative estimate of drug-likeness (QED) is 0.691. The summed E-state index contributed by atoms with van der Waals surface area (Å²) in [4.78, 5) is 15.3. The fourth-order valence-corrected chi connectivity index (χ4v) is 2.93. The molecule has 0 bridgehead atoms. The van der Waals surface area contributed by atoms with E-state index in [4.69, 9.17) is 4.74 Å². The zero-order valence-corrected chi connectivity index (χ0v) is 14.6. The molecule has 3 rings (SSSR count). The molecule has 122 valence electrons. The number of hydrogen-bond acceptors (Lipinski definition) is 3. The van der Waals surface area contributed by atoms with Crippen molar-refractivity contribution >= 4 is 39.0 Å². The Bertz CT molecular complexity index is 976. The third kappa shape index (κ3) is 3.36. The molecule has 1 heterocycles. The van der Waals surface area contributed by atoms with E-state index in [-0.39, 0.29) is 11.2 Å². The van der Waals surface area contributed by atoms with E-state index in [1.807, 2.05) is 25.1 Å². The largest absolute Gasteiger partial charge is 0.504 e. The van der Waals surface area contributed by atoms with Crippen molar-refractivity contribution in [1.82, 2.24) is 4.98 Å². The van der Waals surface area contributed by atoms with Crippen LogP contribution in [0.5, 0.6) is 11.5 Å². The zero-order chi connectivity index (χ0) is 17.1. The minimum Gasteiger partial charge on any atom is -0.504 e. The second kappa shape index (κ2) is 6.93. The van der Waals surface area contributed by atoms with Gasteiger partial charge >= 0.3 is 0 Å². The number of para-hydroxylation sites is 1. The molecule has 0 saturated carbocycles. The Kier molecular flexibility index (Phi) is 4.71. The van der Waals surface area contributed by atoms with Crippen LogP contribution in [0.1, 0.15) is 18.2 Å². The van der Waals surface area contributed by atoms with Gasteiger partial charge in [-0.1, -0.05) is 28.1 Å². The first-order chi connectivity index (χ1) is 11.6. The summed E-state index contributed by atoms with van der Waals surface area (Å²) in [6, 6.07) is 12.4. The Morgan fingerprint density at radius 3 is 2.79 bits per heavy atom. The molecule has 3 aromatic rings. The Labute approximate surface area is 147 Å². The van der Waals surface area contributed by atoms with Crippen LogP contribution in [0.4, 0.5) is 0 Å². The van der Waals surface area contributed by atoms with Gasteiger partial charge in [-0.2, -0.15) is 0 Å². The molecule has 5 heteroatoms. The lowest BCUT2D eigenvalue weighted by molar-refractivity contribution is 0.317. The van der Waals surface area contributed by atoms with Crippen LogP contribution in [-0.4, -0.2) is 16.7 Å². The number of pyridine rings is 1. The average molecular weight is 386 g/mol. The Hall–Kier alpha value is -2.53. The van der Waals surface area contributed by atoms with Gasteiger partial charge in [0.05, 0.1) is 6.61 Å². The minimum atomic E-state index is -0.0440. The van der Waals surface area contributed by atoms with Gasteiger partial charge in [-0.15, -0.1) is 0 Å². The molecule has 0 unspecified atom stereocenters. The van der Waals surface area contributed by atoms with Gasteiger partial charge in [-0.3, -0.25) is 4.79 Å². The molecule has 0 aliphatic rings. The number of H-pyrrole nitrogens is 1. The van der Waals surface area contributed by atoms with Gasteiger partial charge in [-0.05, 0) is 43.3 Å². The van der Waals surface area contributed by atoms with Crippen LogP contribution in [0.15, 0.2) is 51.7 Å². The maximum atomic E-state index is 12.1. The number of rotatable bonds is 4. The van der Waals surface area contributed by atoms with Gasteiger partial charge in [0.1, 0.15) is 0 Å². The summed E-state index contributed by atoms with van der Waals surface area (Å²) < 4.78 is 6.22. The molecule has 0 spiro atoms. The number of halogens is 1. The van der Waals surface area contributed by atoms with E-state index in [0.717, 1.165) is 9.99 Å². The Morgan fingerprint density at radius 2 is 2.00 bits per heavy atom. The lowest BCUT2D eigenvalue weighted by Crippen LogP contribution is -2.02. The topological polar surface area (TPSA) is 62.3 Å². The Balaban J connectivity index is 2.01. The number of phenolic OH excluding ortho intramolecular Hbond substituents is 1. The summed E-state index contributed by atoms with van der Waals surface area (Å²) in [5.74, 6) is 0.484. The maximum absolute atomic E-state index is 12.1. The zero-order valence-electron chi connectivity index (χ0n) is 13.0. The second-order valence-electron chi connectivity index (χ2n) is 5.24. The van der Waals surface area contributed by atoms with Crippen LogP contribution >= 0.6 is 15.9 Å². The van der Waals surface area contributed by atoms with Crippen LogP contribution in [-0.2, 0) is 0 Å². The first-order valence-electron chi connectivity index (χ1n) is 7.54. The summed E-state index contributed by atoms with van der Waals surface area (Å²) in [5, 5.41) is 10.9. The van der Waals surface area contributed by atoms with Gasteiger partial charge in [0.15, 0.2) is 16.9 Å². The summed E-state index contributed by atoms with van der Waals surface area (Å²) >= 11 is 3.40. The van der Waals surface area contributed by atoms with Crippen LogP contribution in [0, 0.1) is 0 Å². The highest BCUT2D eigenvalue weighted by Gasteiger charge is 2.08. The third-order valence-corrected chi connectivity index (χ3v) is 4.03. The molecule has 4 nitrogen and oxygen atoms in total. The lowest BCUT2D eigenvalue weighted by Gasteiger charge is -2.09. The standard InChI is InChI=1S/C19H16BrNO3/c1-2-24-18-10-13(20)9-12(19(18)23)7-8-14-11-17(22)15-5-3-4-6-16(15)21-14/h3-11,23H,2H2,1H3,(H,21,22)/b8-7+. The second-order valence-corrected chi connectivity index (χ2v) is 6.16. The van der Waals surface area contributed by atoms with E-state index >= 15 is 0 Å². The average Bonchev–Trinajstić information content (AvgIpc) is 2.57. The van der Waals surface area contributed by atoms with Gasteiger partial charge in [-0.25, -0.2) is 0 Å². The van der Waals surface area contributed by atoms with Crippen molar-refractivity contribution in [2.45, 2.75) is 6.92 Å². The van der Waals surface area contributed by atoms with E-state index in [1.54, 1.807) is 30.4 Å². The summed E-state index contributed by atoms with van der Waals surface area (Å²) in [6.07, 6.45) is 3.49. The number of aromatic amines is 1. The van der Waals surface area contributed by atoms with Crippen molar-refractivity contribution in [2.24, 2.45) is 0 Å². The van der Waals surface area contributed by atoms with Crippen molar-refractivity contribution in [2.75, 3.05) is 6.61 Å². The predicted octanol–water partition coefficient (Wildman–Crippen LogP) is 4.57. The number of benzene rings is 2. The molecule has 1 aromatic heterocycles. The molecule has 0 aliphatic heterocycles. The van der Waals surface area contributed by atoms with Gasteiger partial charge in [0, 0.05) is 32.7 Å². The highest BCUT2D eigenvalue weighted by atomic mass is 79.9. The summed E-state index contributed by atoms with van der Waals surface area (Å²) in [7, 11) is 0. The summed E-state index contributed by atoms with van der Waals surface area (Å²) in [6.45, 7) is 2.32. The van der Waals surface area contributed by atoms with Crippen LogP contribution < -0.4 is 10.2 Å². The predicted molar refractivity (Wildman–Crippen MR) is 100 cm³/mol. The molecule has 0 amide bonds. The van der Waals surface area contributed by atoms with Crippen molar-refractivity contribution in [3.8, 4) is 11.5 Å². The van der Waals surface area contributed by atoms with E-state index < -0.39 is 0 Å². The normalized spacial score (nSPS) is 11.2. The molecule has 0 fully saturated rings. The number of fused-ring (bicyclic) bond motifs is 1. The van der Waals surface area contributed by atoms with Crippen LogP contribution in [0.25, 0.3) is 23.1 Å². The first kappa shape index (κ1) is 16.3. The highest BCUT2D eigenvalue weighted by Crippen LogP contribution is 2.34. The molecule has 0 saturated heterocycles. The van der Waals surface area contributed by atoms with E-state index in [1.165, 1.54) is 6.07 Å². The van der Waals surface area contributed by atoms with Crippen LogP contribution in [0.2, 0.25) is 0 Å². The number of phenols is 1. The monoisotopic (exact) mass is 385 g/mol. The summed E-state index contributed by atoms with van der Waals surface area (Å²) in [5.41, 5.74) is 1.99. The van der Waals surface area contributed by atoms with Crippen LogP contribution in [0.3, 0.4) is 0 Å². The number of ether oxygens (including phenoxy) is 1. The molecule has 0 aliphatic carbocycles. The SMILES string of the molecule is CCOc1cc(Br)cc(/C=C/c2cc(=O)c3ccccc3[nH]2)c1O. The van der Waals surface area contributed by atoms with Gasteiger partial charge < -0.3 is 14.8 Å². The number of aromatic nitrogens is 1. The molecule has 24 heavy (non-hydrogen) atoms.